The van der Waals surface area contributed by atoms with E-state index in [1.807, 2.05) is 24.3 Å². The summed E-state index contributed by atoms with van der Waals surface area (Å²) in [5.41, 5.74) is 0.996. The highest BCUT2D eigenvalue weighted by atomic mass is 35.5. The van der Waals surface area contributed by atoms with Crippen LogP contribution in [0, 0.1) is 0 Å². The van der Waals surface area contributed by atoms with E-state index >= 15 is 0 Å². The summed E-state index contributed by atoms with van der Waals surface area (Å²) in [7, 11) is 0. The second-order valence-electron chi connectivity index (χ2n) is 2.82. The Morgan fingerprint density at radius 3 is 2.64 bits per heavy atom. The molecule has 3 nitrogen and oxygen atoms in total. The van der Waals surface area contributed by atoms with Crippen LogP contribution in [0.3, 0.4) is 0 Å². The van der Waals surface area contributed by atoms with Crippen LogP contribution in [0.25, 0.3) is 0 Å². The SMILES string of the molecule is Clc1ccccc1Cn1cnnc1Cl. The fraction of sp³-hybridized carbons (Fsp3) is 0.111. The molecule has 0 unspecified atom stereocenters. The van der Waals surface area contributed by atoms with Crippen LogP contribution >= 0.6 is 23.2 Å². The van der Waals surface area contributed by atoms with Crippen LogP contribution < -0.4 is 0 Å². The number of halogens is 2. The van der Waals surface area contributed by atoms with Gasteiger partial charge >= 0.3 is 0 Å². The second-order valence-corrected chi connectivity index (χ2v) is 3.56. The molecule has 0 atom stereocenters. The van der Waals surface area contributed by atoms with Crippen molar-refractivity contribution >= 4 is 23.2 Å². The summed E-state index contributed by atoms with van der Waals surface area (Å²) in [6, 6.07) is 7.60. The highest BCUT2D eigenvalue weighted by Crippen LogP contribution is 2.17. The largest absolute Gasteiger partial charge is 0.300 e. The standard InChI is InChI=1S/C9H7Cl2N3/c10-8-4-2-1-3-7(8)5-14-6-12-13-9(14)11/h1-4,6H,5H2. The molecule has 1 aromatic carbocycles. The number of aromatic nitrogens is 3. The van der Waals surface area contributed by atoms with Gasteiger partial charge in [0.1, 0.15) is 6.33 Å². The summed E-state index contributed by atoms with van der Waals surface area (Å²) in [6.45, 7) is 0.589. The maximum Gasteiger partial charge on any atom is 0.225 e. The Balaban J connectivity index is 2.28. The third-order valence-electron chi connectivity index (χ3n) is 1.87. The van der Waals surface area contributed by atoms with E-state index in [2.05, 4.69) is 10.2 Å². The smallest absolute Gasteiger partial charge is 0.225 e. The van der Waals surface area contributed by atoms with Gasteiger partial charge in [0.2, 0.25) is 5.28 Å². The van der Waals surface area contributed by atoms with E-state index in [9.17, 15) is 0 Å². The number of hydrogen-bond donors (Lipinski definition) is 0. The van der Waals surface area contributed by atoms with E-state index in [0.29, 0.717) is 11.8 Å². The molecule has 0 aliphatic rings. The molecule has 0 aliphatic carbocycles. The molecule has 72 valence electrons. The molecule has 0 aliphatic heterocycles. The lowest BCUT2D eigenvalue weighted by Crippen LogP contribution is -1.98. The van der Waals surface area contributed by atoms with Gasteiger partial charge in [-0.15, -0.1) is 10.2 Å². The molecule has 5 heteroatoms. The number of rotatable bonds is 2. The van der Waals surface area contributed by atoms with Gasteiger partial charge in [0.05, 0.1) is 6.54 Å². The maximum absolute atomic E-state index is 6.00. The summed E-state index contributed by atoms with van der Waals surface area (Å²) >= 11 is 11.8. The normalized spacial score (nSPS) is 10.4. The van der Waals surface area contributed by atoms with Gasteiger partial charge in [-0.25, -0.2) is 0 Å². The van der Waals surface area contributed by atoms with Gasteiger partial charge in [-0.1, -0.05) is 29.8 Å². The van der Waals surface area contributed by atoms with Gasteiger partial charge in [0.15, 0.2) is 0 Å². The third kappa shape index (κ3) is 1.89. The number of benzene rings is 1. The predicted octanol–water partition coefficient (Wildman–Crippen LogP) is 2.63. The van der Waals surface area contributed by atoms with Gasteiger partial charge in [-0.05, 0) is 23.2 Å². The van der Waals surface area contributed by atoms with Crippen LogP contribution in [0.1, 0.15) is 5.56 Å². The van der Waals surface area contributed by atoms with Crippen LogP contribution in [-0.2, 0) is 6.54 Å². The topological polar surface area (TPSA) is 30.7 Å². The van der Waals surface area contributed by atoms with Crippen molar-refractivity contribution in [3.63, 3.8) is 0 Å². The molecule has 2 rings (SSSR count). The van der Waals surface area contributed by atoms with Crippen molar-refractivity contribution in [2.45, 2.75) is 6.54 Å². The first-order valence-electron chi connectivity index (χ1n) is 4.04. The average Bonchev–Trinajstić information content (AvgIpc) is 2.56. The first-order valence-corrected chi connectivity index (χ1v) is 4.79. The summed E-state index contributed by atoms with van der Waals surface area (Å²) in [4.78, 5) is 0. The van der Waals surface area contributed by atoms with Crippen molar-refractivity contribution in [3.8, 4) is 0 Å². The van der Waals surface area contributed by atoms with Gasteiger partial charge in [0, 0.05) is 5.02 Å². The molecule has 0 bridgehead atoms. The molecule has 0 fully saturated rings. The summed E-state index contributed by atoms with van der Waals surface area (Å²) < 4.78 is 1.72. The van der Waals surface area contributed by atoms with Crippen LogP contribution in [0.4, 0.5) is 0 Å². The van der Waals surface area contributed by atoms with Crippen LogP contribution in [0.5, 0.6) is 0 Å². The molecule has 14 heavy (non-hydrogen) atoms. The molecule has 1 aromatic heterocycles. The fourth-order valence-electron chi connectivity index (χ4n) is 1.16. The molecular formula is C9H7Cl2N3. The minimum Gasteiger partial charge on any atom is -0.300 e. The Bertz CT molecular complexity index is 439. The number of nitrogens with zero attached hydrogens (tertiary/aromatic N) is 3. The molecule has 0 spiro atoms. The van der Waals surface area contributed by atoms with E-state index < -0.39 is 0 Å². The Morgan fingerprint density at radius 2 is 2.00 bits per heavy atom. The van der Waals surface area contributed by atoms with Crippen LogP contribution in [0.15, 0.2) is 30.6 Å². The zero-order valence-electron chi connectivity index (χ0n) is 7.19. The Labute approximate surface area is 91.3 Å². The highest BCUT2D eigenvalue weighted by molar-refractivity contribution is 6.31. The molecular weight excluding hydrogens is 221 g/mol. The van der Waals surface area contributed by atoms with Crippen molar-refractivity contribution in [2.24, 2.45) is 0 Å². The third-order valence-corrected chi connectivity index (χ3v) is 2.53. The first kappa shape index (κ1) is 9.49. The van der Waals surface area contributed by atoms with Gasteiger partial charge in [0.25, 0.3) is 0 Å². The van der Waals surface area contributed by atoms with E-state index in [1.54, 1.807) is 10.9 Å². The van der Waals surface area contributed by atoms with Crippen molar-refractivity contribution in [3.05, 3.63) is 46.5 Å². The van der Waals surface area contributed by atoms with Crippen molar-refractivity contribution in [1.82, 2.24) is 14.8 Å². The molecule has 0 saturated carbocycles. The van der Waals surface area contributed by atoms with E-state index in [4.69, 9.17) is 23.2 Å². The van der Waals surface area contributed by atoms with Gasteiger partial charge in [-0.2, -0.15) is 0 Å². The second kappa shape index (κ2) is 3.98. The van der Waals surface area contributed by atoms with E-state index in [-0.39, 0.29) is 0 Å². The lowest BCUT2D eigenvalue weighted by Gasteiger charge is -2.04. The van der Waals surface area contributed by atoms with E-state index in [1.165, 1.54) is 0 Å². The highest BCUT2D eigenvalue weighted by Gasteiger charge is 2.03. The molecule has 0 amide bonds. The summed E-state index contributed by atoms with van der Waals surface area (Å²) in [5, 5.41) is 8.45. The summed E-state index contributed by atoms with van der Waals surface area (Å²) in [5.74, 6) is 0. The van der Waals surface area contributed by atoms with Crippen LogP contribution in [0.2, 0.25) is 10.3 Å². The van der Waals surface area contributed by atoms with Gasteiger partial charge < -0.3 is 0 Å². The molecule has 0 radical (unpaired) electrons. The predicted molar refractivity (Wildman–Crippen MR) is 55.6 cm³/mol. The van der Waals surface area contributed by atoms with Crippen molar-refractivity contribution < 1.29 is 0 Å². The average molecular weight is 228 g/mol. The Morgan fingerprint density at radius 1 is 1.21 bits per heavy atom. The minimum atomic E-state index is 0.366. The lowest BCUT2D eigenvalue weighted by atomic mass is 10.2. The maximum atomic E-state index is 6.00. The lowest BCUT2D eigenvalue weighted by molar-refractivity contribution is 0.795. The quantitative estimate of drug-likeness (QED) is 0.790. The van der Waals surface area contributed by atoms with Crippen molar-refractivity contribution in [1.29, 1.82) is 0 Å². The van der Waals surface area contributed by atoms with Crippen molar-refractivity contribution in [2.75, 3.05) is 0 Å². The minimum absolute atomic E-state index is 0.366. The van der Waals surface area contributed by atoms with Gasteiger partial charge in [-0.3, -0.25) is 4.57 Å². The fourth-order valence-corrected chi connectivity index (χ4v) is 1.50. The Kier molecular flexibility index (Phi) is 2.70. The monoisotopic (exact) mass is 227 g/mol. The molecule has 1 heterocycles. The first-order chi connectivity index (χ1) is 6.77. The number of hydrogen-bond acceptors (Lipinski definition) is 2. The zero-order chi connectivity index (χ0) is 9.97. The van der Waals surface area contributed by atoms with E-state index in [0.717, 1.165) is 10.6 Å². The Hall–Kier alpha value is -1.06. The van der Waals surface area contributed by atoms with Crippen LogP contribution in [-0.4, -0.2) is 14.8 Å². The molecule has 0 saturated heterocycles. The zero-order valence-corrected chi connectivity index (χ0v) is 8.70. The molecule has 0 N–H and O–H groups in total. The molecule has 2 aromatic rings. The summed E-state index contributed by atoms with van der Waals surface area (Å²) in [6.07, 6.45) is 1.58.